The number of alkyl halides is 3. The molecule has 3 rings (SSSR count). The van der Waals surface area contributed by atoms with E-state index in [2.05, 4.69) is 10.3 Å². The third-order valence-corrected chi connectivity index (χ3v) is 3.75. The van der Waals surface area contributed by atoms with E-state index in [1.165, 1.54) is 12.1 Å². The number of anilines is 1. The Morgan fingerprint density at radius 2 is 1.78 bits per heavy atom. The highest BCUT2D eigenvalue weighted by atomic mass is 19.4. The van der Waals surface area contributed by atoms with Crippen LogP contribution in [0, 0.1) is 0 Å². The highest BCUT2D eigenvalue weighted by Crippen LogP contribution is 2.30. The number of rotatable bonds is 4. The Morgan fingerprint density at radius 1 is 1.09 bits per heavy atom. The monoisotopic (exact) mass is 319 g/mol. The number of hydrogen-bond acceptors (Lipinski definition) is 2. The molecule has 0 aliphatic rings. The molecular formula is C17H16F3N3. The summed E-state index contributed by atoms with van der Waals surface area (Å²) in [5.41, 5.74) is 1.87. The first-order valence-corrected chi connectivity index (χ1v) is 7.34. The summed E-state index contributed by atoms with van der Waals surface area (Å²) in [7, 11) is 0. The van der Waals surface area contributed by atoms with Crippen molar-refractivity contribution in [2.75, 3.05) is 5.32 Å². The van der Waals surface area contributed by atoms with Crippen molar-refractivity contribution in [3.8, 4) is 0 Å². The number of benzene rings is 2. The molecule has 0 amide bonds. The van der Waals surface area contributed by atoms with Crippen molar-refractivity contribution in [3.05, 3.63) is 60.4 Å². The average Bonchev–Trinajstić information content (AvgIpc) is 2.96. The van der Waals surface area contributed by atoms with Gasteiger partial charge in [-0.3, -0.25) is 0 Å². The maximum Gasteiger partial charge on any atom is 0.416 e. The van der Waals surface area contributed by atoms with Crippen molar-refractivity contribution < 1.29 is 13.2 Å². The third-order valence-electron chi connectivity index (χ3n) is 3.75. The normalized spacial score (nSPS) is 13.2. The molecule has 0 saturated heterocycles. The van der Waals surface area contributed by atoms with E-state index in [9.17, 15) is 13.2 Å². The Morgan fingerprint density at radius 3 is 2.43 bits per heavy atom. The molecule has 3 aromatic rings. The lowest BCUT2D eigenvalue weighted by molar-refractivity contribution is -0.137. The highest BCUT2D eigenvalue weighted by Gasteiger charge is 2.30. The minimum absolute atomic E-state index is 0.0841. The van der Waals surface area contributed by atoms with Crippen LogP contribution in [0.4, 0.5) is 18.9 Å². The van der Waals surface area contributed by atoms with Gasteiger partial charge < -0.3 is 9.88 Å². The number of hydrogen-bond donors (Lipinski definition) is 1. The lowest BCUT2D eigenvalue weighted by atomic mass is 10.2. The van der Waals surface area contributed by atoms with Gasteiger partial charge in [-0.1, -0.05) is 19.1 Å². The van der Waals surface area contributed by atoms with Gasteiger partial charge in [0.2, 0.25) is 0 Å². The van der Waals surface area contributed by atoms with Crippen molar-refractivity contribution in [2.24, 2.45) is 0 Å². The van der Waals surface area contributed by atoms with E-state index in [-0.39, 0.29) is 6.17 Å². The molecule has 6 heteroatoms. The molecule has 1 N–H and O–H groups in total. The summed E-state index contributed by atoms with van der Waals surface area (Å²) in [6, 6.07) is 12.8. The quantitative estimate of drug-likeness (QED) is 0.727. The standard InChI is InChI=1S/C17H16F3N3/c1-2-16(23-11-21-14-5-3-4-6-15(14)23)22-13-9-7-12(8-10-13)17(18,19)20/h3-11,16,22H,2H2,1H3. The summed E-state index contributed by atoms with van der Waals surface area (Å²) in [6.07, 6.45) is -1.89. The smallest absolute Gasteiger partial charge is 0.365 e. The molecule has 3 nitrogen and oxygen atoms in total. The SMILES string of the molecule is CCC(Nc1ccc(C(F)(F)F)cc1)n1cnc2ccccc21. The van der Waals surface area contributed by atoms with Crippen LogP contribution in [-0.2, 0) is 6.18 Å². The van der Waals surface area contributed by atoms with Gasteiger partial charge in [-0.25, -0.2) is 4.98 Å². The molecule has 0 bridgehead atoms. The summed E-state index contributed by atoms with van der Waals surface area (Å²) < 4.78 is 39.8. The van der Waals surface area contributed by atoms with E-state index in [1.54, 1.807) is 6.33 Å². The van der Waals surface area contributed by atoms with Crippen molar-refractivity contribution in [1.29, 1.82) is 0 Å². The van der Waals surface area contributed by atoms with Crippen LogP contribution >= 0.6 is 0 Å². The van der Waals surface area contributed by atoms with E-state index in [0.717, 1.165) is 29.6 Å². The van der Waals surface area contributed by atoms with E-state index < -0.39 is 11.7 Å². The van der Waals surface area contributed by atoms with Crippen LogP contribution in [0.3, 0.4) is 0 Å². The minimum atomic E-state index is -4.32. The second-order valence-electron chi connectivity index (χ2n) is 5.28. The van der Waals surface area contributed by atoms with Gasteiger partial charge >= 0.3 is 6.18 Å². The molecule has 0 saturated carbocycles. The van der Waals surface area contributed by atoms with Crippen molar-refractivity contribution in [2.45, 2.75) is 25.7 Å². The van der Waals surface area contributed by atoms with Gasteiger partial charge in [-0.05, 0) is 42.8 Å². The summed E-state index contributed by atoms with van der Waals surface area (Å²) in [4.78, 5) is 4.35. The lowest BCUT2D eigenvalue weighted by Gasteiger charge is -2.21. The number of halogens is 3. The molecule has 1 atom stereocenters. The second-order valence-corrected chi connectivity index (χ2v) is 5.28. The van der Waals surface area contributed by atoms with Crippen LogP contribution in [0.25, 0.3) is 11.0 Å². The predicted molar refractivity (Wildman–Crippen MR) is 84.1 cm³/mol. The van der Waals surface area contributed by atoms with E-state index in [0.29, 0.717) is 5.69 Å². The topological polar surface area (TPSA) is 29.9 Å². The molecule has 0 aliphatic heterocycles. The van der Waals surface area contributed by atoms with Crippen molar-refractivity contribution in [1.82, 2.24) is 9.55 Å². The zero-order valence-electron chi connectivity index (χ0n) is 12.5. The summed E-state index contributed by atoms with van der Waals surface area (Å²) in [5, 5.41) is 3.26. The zero-order chi connectivity index (χ0) is 16.4. The zero-order valence-corrected chi connectivity index (χ0v) is 12.5. The second kappa shape index (κ2) is 5.95. The highest BCUT2D eigenvalue weighted by molar-refractivity contribution is 5.75. The fourth-order valence-corrected chi connectivity index (χ4v) is 2.54. The molecule has 1 unspecified atom stereocenters. The third kappa shape index (κ3) is 3.16. The predicted octanol–water partition coefficient (Wildman–Crippen LogP) is 5.08. The number of imidazole rings is 1. The van der Waals surface area contributed by atoms with Gasteiger partial charge in [0.05, 0.1) is 22.9 Å². The van der Waals surface area contributed by atoms with Crippen molar-refractivity contribution >= 4 is 16.7 Å². The number of nitrogens with one attached hydrogen (secondary N) is 1. The fraction of sp³-hybridized carbons (Fsp3) is 0.235. The van der Waals surface area contributed by atoms with Gasteiger partial charge in [0.15, 0.2) is 0 Å². The van der Waals surface area contributed by atoms with Gasteiger partial charge in [0, 0.05) is 5.69 Å². The average molecular weight is 319 g/mol. The Kier molecular flexibility index (Phi) is 3.98. The van der Waals surface area contributed by atoms with Crippen LogP contribution in [0.1, 0.15) is 25.1 Å². The van der Waals surface area contributed by atoms with Gasteiger partial charge in [0.1, 0.15) is 6.17 Å². The maximum atomic E-state index is 12.6. The minimum Gasteiger partial charge on any atom is -0.365 e. The molecular weight excluding hydrogens is 303 g/mol. The first kappa shape index (κ1) is 15.4. The Bertz CT molecular complexity index is 791. The fourth-order valence-electron chi connectivity index (χ4n) is 2.54. The largest absolute Gasteiger partial charge is 0.416 e. The molecule has 0 radical (unpaired) electrons. The molecule has 0 spiro atoms. The first-order chi connectivity index (χ1) is 11.0. The molecule has 120 valence electrons. The maximum absolute atomic E-state index is 12.6. The molecule has 0 aliphatic carbocycles. The van der Waals surface area contributed by atoms with Crippen LogP contribution < -0.4 is 5.32 Å². The number of fused-ring (bicyclic) bond motifs is 1. The van der Waals surface area contributed by atoms with Crippen LogP contribution in [-0.4, -0.2) is 9.55 Å². The molecule has 1 heterocycles. The first-order valence-electron chi connectivity index (χ1n) is 7.34. The molecule has 0 fully saturated rings. The van der Waals surface area contributed by atoms with Gasteiger partial charge in [0.25, 0.3) is 0 Å². The Hall–Kier alpha value is -2.50. The van der Waals surface area contributed by atoms with E-state index in [4.69, 9.17) is 0 Å². The van der Waals surface area contributed by atoms with E-state index >= 15 is 0 Å². The molecule has 2 aromatic carbocycles. The lowest BCUT2D eigenvalue weighted by Crippen LogP contribution is -2.17. The number of para-hydroxylation sites is 2. The number of nitrogens with zero attached hydrogens (tertiary/aromatic N) is 2. The van der Waals surface area contributed by atoms with Gasteiger partial charge in [-0.2, -0.15) is 13.2 Å². The number of aromatic nitrogens is 2. The van der Waals surface area contributed by atoms with Crippen LogP contribution in [0.15, 0.2) is 54.9 Å². The van der Waals surface area contributed by atoms with Crippen LogP contribution in [0.2, 0.25) is 0 Å². The summed E-state index contributed by atoms with van der Waals surface area (Å²) in [6.45, 7) is 2.01. The van der Waals surface area contributed by atoms with Crippen molar-refractivity contribution in [3.63, 3.8) is 0 Å². The van der Waals surface area contributed by atoms with Crippen LogP contribution in [0.5, 0.6) is 0 Å². The summed E-state index contributed by atoms with van der Waals surface area (Å²) >= 11 is 0. The van der Waals surface area contributed by atoms with E-state index in [1.807, 2.05) is 35.8 Å². The molecule has 23 heavy (non-hydrogen) atoms. The molecule has 1 aromatic heterocycles. The Labute approximate surface area is 131 Å². The van der Waals surface area contributed by atoms with Gasteiger partial charge in [-0.15, -0.1) is 0 Å². The summed E-state index contributed by atoms with van der Waals surface area (Å²) in [5.74, 6) is 0. The Balaban J connectivity index is 1.85.